The number of allylic oxidation sites excluding steroid dienone is 3. The summed E-state index contributed by atoms with van der Waals surface area (Å²) in [5, 5.41) is 0. The molecule has 0 nitrogen and oxygen atoms in total. The van der Waals surface area contributed by atoms with Crippen LogP contribution in [0.2, 0.25) is 0 Å². The van der Waals surface area contributed by atoms with Crippen molar-refractivity contribution in [2.24, 2.45) is 11.8 Å². The Morgan fingerprint density at radius 2 is 1.17 bits per heavy atom. The lowest BCUT2D eigenvalue weighted by molar-refractivity contribution is 0.485. The lowest BCUT2D eigenvalue weighted by Crippen LogP contribution is -1.92. The molecule has 0 heterocycles. The zero-order chi connectivity index (χ0) is 17.9. The van der Waals surface area contributed by atoms with Crippen molar-refractivity contribution in [1.82, 2.24) is 0 Å². The highest BCUT2D eigenvalue weighted by Crippen LogP contribution is 2.16. The fourth-order valence-corrected chi connectivity index (χ4v) is 3.22. The molecule has 1 unspecified atom stereocenters. The molecule has 0 aromatic rings. The molecule has 142 valence electrons. The van der Waals surface area contributed by atoms with E-state index in [1.165, 1.54) is 96.3 Å². The van der Waals surface area contributed by atoms with Crippen LogP contribution in [0.25, 0.3) is 0 Å². The van der Waals surface area contributed by atoms with E-state index >= 15 is 0 Å². The van der Waals surface area contributed by atoms with Gasteiger partial charge in [-0.25, -0.2) is 0 Å². The zero-order valence-electron chi connectivity index (χ0n) is 17.2. The lowest BCUT2D eigenvalue weighted by atomic mass is 9.98. The fraction of sp³-hybridized carbons (Fsp3) is 0.833. The average molecular weight is 335 g/mol. The summed E-state index contributed by atoms with van der Waals surface area (Å²) in [7, 11) is 0. The molecule has 0 aromatic carbocycles. The van der Waals surface area contributed by atoms with Gasteiger partial charge in [0.05, 0.1) is 0 Å². The van der Waals surface area contributed by atoms with E-state index in [0.717, 1.165) is 11.8 Å². The molecule has 0 aliphatic rings. The molecule has 0 saturated carbocycles. The van der Waals surface area contributed by atoms with E-state index in [9.17, 15) is 0 Å². The van der Waals surface area contributed by atoms with Crippen LogP contribution in [-0.2, 0) is 0 Å². The highest BCUT2D eigenvalue weighted by Gasteiger charge is 1.99. The second-order valence-corrected chi connectivity index (χ2v) is 8.19. The van der Waals surface area contributed by atoms with Gasteiger partial charge >= 0.3 is 0 Å². The smallest absolute Gasteiger partial charge is 0.0325 e. The average Bonchev–Trinajstić information content (AvgIpc) is 2.55. The maximum Gasteiger partial charge on any atom is -0.0325 e. The number of rotatable bonds is 18. The first-order chi connectivity index (χ1) is 11.7. The van der Waals surface area contributed by atoms with E-state index in [0.29, 0.717) is 0 Å². The van der Waals surface area contributed by atoms with Crippen LogP contribution in [0, 0.1) is 11.8 Å². The SMILES string of the molecule is C=CCCCCCCCCC(C)CC=CCCCCCCC(C)C. The third-order valence-electron chi connectivity index (χ3n) is 4.96. The van der Waals surface area contributed by atoms with E-state index in [4.69, 9.17) is 0 Å². The molecule has 0 fully saturated rings. The predicted octanol–water partition coefficient (Wildman–Crippen LogP) is 8.87. The summed E-state index contributed by atoms with van der Waals surface area (Å²) in [5.41, 5.74) is 0. The molecule has 24 heavy (non-hydrogen) atoms. The second-order valence-electron chi connectivity index (χ2n) is 8.19. The maximum absolute atomic E-state index is 3.78. The van der Waals surface area contributed by atoms with E-state index in [1.807, 2.05) is 6.08 Å². The normalized spacial score (nSPS) is 13.0. The zero-order valence-corrected chi connectivity index (χ0v) is 17.2. The Hall–Kier alpha value is -0.520. The standard InChI is InChI=1S/C24H46/c1-5-6-7-8-9-12-15-18-21-24(4)22-19-16-13-10-11-14-17-20-23(2)3/h5,16,19,23-24H,1,6-15,17-18,20-22H2,2-4H3. The van der Waals surface area contributed by atoms with Gasteiger partial charge < -0.3 is 0 Å². The first-order valence-corrected chi connectivity index (χ1v) is 10.9. The maximum atomic E-state index is 3.78. The van der Waals surface area contributed by atoms with Crippen molar-refractivity contribution in [3.8, 4) is 0 Å². The van der Waals surface area contributed by atoms with Crippen molar-refractivity contribution >= 4 is 0 Å². The monoisotopic (exact) mass is 334 g/mol. The molecular weight excluding hydrogens is 288 g/mol. The van der Waals surface area contributed by atoms with Crippen molar-refractivity contribution in [3.63, 3.8) is 0 Å². The molecule has 0 amide bonds. The molecular formula is C24H46. The summed E-state index contributed by atoms with van der Waals surface area (Å²) in [6.07, 6.45) is 27.6. The predicted molar refractivity (Wildman–Crippen MR) is 113 cm³/mol. The van der Waals surface area contributed by atoms with Crippen LogP contribution >= 0.6 is 0 Å². The first kappa shape index (κ1) is 23.5. The Bertz CT molecular complexity index is 274. The minimum absolute atomic E-state index is 0.869. The van der Waals surface area contributed by atoms with Gasteiger partial charge in [0.2, 0.25) is 0 Å². The Kier molecular flexibility index (Phi) is 18.4. The van der Waals surface area contributed by atoms with Gasteiger partial charge in [-0.3, -0.25) is 0 Å². The Balaban J connectivity index is 3.27. The Morgan fingerprint density at radius 3 is 1.79 bits per heavy atom. The number of hydrogen-bond acceptors (Lipinski definition) is 0. The van der Waals surface area contributed by atoms with Crippen molar-refractivity contribution in [2.75, 3.05) is 0 Å². The summed E-state index contributed by atoms with van der Waals surface area (Å²) in [5.74, 6) is 1.75. The molecule has 0 aliphatic heterocycles. The van der Waals surface area contributed by atoms with Crippen LogP contribution in [-0.4, -0.2) is 0 Å². The van der Waals surface area contributed by atoms with Gasteiger partial charge in [0.25, 0.3) is 0 Å². The van der Waals surface area contributed by atoms with Crippen LogP contribution in [0.15, 0.2) is 24.8 Å². The van der Waals surface area contributed by atoms with Gasteiger partial charge in [0.1, 0.15) is 0 Å². The quantitative estimate of drug-likeness (QED) is 0.173. The van der Waals surface area contributed by atoms with Crippen LogP contribution in [0.5, 0.6) is 0 Å². The largest absolute Gasteiger partial charge is 0.103 e. The van der Waals surface area contributed by atoms with Gasteiger partial charge in [-0.05, 0) is 43.9 Å². The van der Waals surface area contributed by atoms with Crippen LogP contribution in [0.4, 0.5) is 0 Å². The van der Waals surface area contributed by atoms with Gasteiger partial charge in [0.15, 0.2) is 0 Å². The third kappa shape index (κ3) is 19.5. The summed E-state index contributed by atoms with van der Waals surface area (Å²) >= 11 is 0. The van der Waals surface area contributed by atoms with Crippen molar-refractivity contribution in [2.45, 2.75) is 117 Å². The van der Waals surface area contributed by atoms with E-state index < -0.39 is 0 Å². The third-order valence-corrected chi connectivity index (χ3v) is 4.96. The first-order valence-electron chi connectivity index (χ1n) is 10.9. The second kappa shape index (κ2) is 18.8. The molecule has 0 saturated heterocycles. The molecule has 0 bridgehead atoms. The molecule has 0 rings (SSSR count). The number of unbranched alkanes of at least 4 members (excludes halogenated alkanes) is 10. The van der Waals surface area contributed by atoms with Crippen molar-refractivity contribution < 1.29 is 0 Å². The topological polar surface area (TPSA) is 0 Å². The molecule has 1 atom stereocenters. The van der Waals surface area contributed by atoms with Gasteiger partial charge in [-0.2, -0.15) is 0 Å². The summed E-state index contributed by atoms with van der Waals surface area (Å²) in [4.78, 5) is 0. The van der Waals surface area contributed by atoms with Crippen LogP contribution in [0.3, 0.4) is 0 Å². The van der Waals surface area contributed by atoms with Gasteiger partial charge in [-0.15, -0.1) is 6.58 Å². The van der Waals surface area contributed by atoms with Crippen LogP contribution < -0.4 is 0 Å². The lowest BCUT2D eigenvalue weighted by Gasteiger charge is -2.08. The highest BCUT2D eigenvalue weighted by molar-refractivity contribution is 4.83. The Morgan fingerprint density at radius 1 is 0.625 bits per heavy atom. The summed E-state index contributed by atoms with van der Waals surface area (Å²) in [6, 6.07) is 0. The summed E-state index contributed by atoms with van der Waals surface area (Å²) < 4.78 is 0. The molecule has 0 aromatic heterocycles. The summed E-state index contributed by atoms with van der Waals surface area (Å²) in [6.45, 7) is 10.9. The molecule has 0 spiro atoms. The van der Waals surface area contributed by atoms with E-state index in [1.54, 1.807) is 0 Å². The van der Waals surface area contributed by atoms with Gasteiger partial charge in [-0.1, -0.05) is 103 Å². The van der Waals surface area contributed by atoms with Crippen LogP contribution in [0.1, 0.15) is 117 Å². The Labute approximate surface area is 154 Å². The molecule has 0 radical (unpaired) electrons. The molecule has 0 N–H and O–H groups in total. The van der Waals surface area contributed by atoms with Crippen molar-refractivity contribution in [3.05, 3.63) is 24.8 Å². The fourth-order valence-electron chi connectivity index (χ4n) is 3.22. The minimum Gasteiger partial charge on any atom is -0.103 e. The highest BCUT2D eigenvalue weighted by atomic mass is 14.1. The van der Waals surface area contributed by atoms with Gasteiger partial charge in [0, 0.05) is 0 Å². The van der Waals surface area contributed by atoms with E-state index in [2.05, 4.69) is 39.5 Å². The number of hydrogen-bond donors (Lipinski definition) is 0. The van der Waals surface area contributed by atoms with E-state index in [-0.39, 0.29) is 0 Å². The molecule has 0 heteroatoms. The minimum atomic E-state index is 0.869. The molecule has 0 aliphatic carbocycles. The van der Waals surface area contributed by atoms with Crippen molar-refractivity contribution in [1.29, 1.82) is 0 Å².